The molecule has 4 rings (SSSR count). The Morgan fingerprint density at radius 2 is 1.62 bits per heavy atom. The number of hydrogen-bond donors (Lipinski definition) is 2. The van der Waals surface area contributed by atoms with E-state index in [0.717, 1.165) is 11.1 Å². The van der Waals surface area contributed by atoms with Gasteiger partial charge >= 0.3 is 0 Å². The third-order valence-electron chi connectivity index (χ3n) is 5.54. The Morgan fingerprint density at radius 3 is 2.38 bits per heavy atom. The molecule has 0 unspecified atom stereocenters. The van der Waals surface area contributed by atoms with Crippen molar-refractivity contribution in [3.05, 3.63) is 59.2 Å². The zero-order chi connectivity index (χ0) is 20.3. The lowest BCUT2D eigenvalue weighted by molar-refractivity contribution is -0.131. The third-order valence-corrected chi connectivity index (χ3v) is 5.54. The van der Waals surface area contributed by atoms with Crippen LogP contribution >= 0.6 is 0 Å². The Morgan fingerprint density at radius 1 is 0.897 bits per heavy atom. The Bertz CT molecular complexity index is 921. The van der Waals surface area contributed by atoms with Gasteiger partial charge in [-0.15, -0.1) is 0 Å². The number of nitrogens with one attached hydrogen (secondary N) is 2. The fraction of sp³-hybridized carbons (Fsp3) is 0.364. The minimum atomic E-state index is -0.732. The number of carbonyl (C=O) groups is 2. The molecule has 1 saturated heterocycles. The maximum atomic E-state index is 13.2. The summed E-state index contributed by atoms with van der Waals surface area (Å²) in [5.41, 5.74) is 6.83. The van der Waals surface area contributed by atoms with Crippen molar-refractivity contribution in [1.29, 1.82) is 0 Å². The molecule has 29 heavy (non-hydrogen) atoms. The number of ether oxygens (including phenoxy) is 3. The van der Waals surface area contributed by atoms with Gasteiger partial charge in [0.2, 0.25) is 5.91 Å². The average molecular weight is 396 g/mol. The van der Waals surface area contributed by atoms with Crippen LogP contribution in [0.25, 0.3) is 0 Å². The molecule has 2 heterocycles. The Balaban J connectivity index is 1.50. The first-order valence-corrected chi connectivity index (χ1v) is 9.74. The highest BCUT2D eigenvalue weighted by Gasteiger charge is 2.42. The van der Waals surface area contributed by atoms with E-state index >= 15 is 0 Å². The van der Waals surface area contributed by atoms with E-state index in [-0.39, 0.29) is 5.91 Å². The number of fused-ring (bicyclic) bond motifs is 1. The SMILES string of the molecule is Cc1ccccc1C1(C(=O)NNC(=O)c2ccc3c(c2)OCCO3)CCOCC1. The van der Waals surface area contributed by atoms with E-state index in [1.165, 1.54) is 0 Å². The molecule has 2 amide bonds. The third kappa shape index (κ3) is 3.78. The van der Waals surface area contributed by atoms with Gasteiger partial charge in [0.05, 0.1) is 5.41 Å². The van der Waals surface area contributed by atoms with Crippen molar-refractivity contribution >= 4 is 11.8 Å². The van der Waals surface area contributed by atoms with E-state index in [4.69, 9.17) is 14.2 Å². The quantitative estimate of drug-likeness (QED) is 0.778. The minimum absolute atomic E-state index is 0.235. The van der Waals surface area contributed by atoms with Crippen molar-refractivity contribution in [2.24, 2.45) is 0 Å². The number of carbonyl (C=O) groups excluding carboxylic acids is 2. The largest absolute Gasteiger partial charge is 0.486 e. The summed E-state index contributed by atoms with van der Waals surface area (Å²) in [4.78, 5) is 25.8. The van der Waals surface area contributed by atoms with Crippen LogP contribution in [0.2, 0.25) is 0 Å². The van der Waals surface area contributed by atoms with E-state index < -0.39 is 11.3 Å². The normalized spacial score (nSPS) is 17.3. The second-order valence-corrected chi connectivity index (χ2v) is 7.28. The lowest BCUT2D eigenvalue weighted by Crippen LogP contribution is -2.53. The molecular weight excluding hydrogens is 372 g/mol. The van der Waals surface area contributed by atoms with E-state index in [9.17, 15) is 9.59 Å². The van der Waals surface area contributed by atoms with Gasteiger partial charge in [0.25, 0.3) is 5.91 Å². The number of hydrazine groups is 1. The van der Waals surface area contributed by atoms with Crippen molar-refractivity contribution in [3.63, 3.8) is 0 Å². The molecule has 2 N–H and O–H groups in total. The van der Waals surface area contributed by atoms with Crippen molar-refractivity contribution in [1.82, 2.24) is 10.9 Å². The van der Waals surface area contributed by atoms with E-state index in [0.29, 0.717) is 56.3 Å². The minimum Gasteiger partial charge on any atom is -0.486 e. The van der Waals surface area contributed by atoms with Crippen LogP contribution in [0.15, 0.2) is 42.5 Å². The Hall–Kier alpha value is -3.06. The van der Waals surface area contributed by atoms with E-state index in [2.05, 4.69) is 10.9 Å². The summed E-state index contributed by atoms with van der Waals surface area (Å²) in [6.45, 7) is 3.92. The number of rotatable bonds is 3. The zero-order valence-corrected chi connectivity index (χ0v) is 16.3. The Kier molecular flexibility index (Phi) is 5.40. The second kappa shape index (κ2) is 8.13. The van der Waals surface area contributed by atoms with Crippen molar-refractivity contribution in [2.75, 3.05) is 26.4 Å². The molecule has 7 nitrogen and oxygen atoms in total. The second-order valence-electron chi connectivity index (χ2n) is 7.28. The van der Waals surface area contributed by atoms with Crippen LogP contribution in [-0.2, 0) is 14.9 Å². The number of benzene rings is 2. The molecule has 0 spiro atoms. The number of hydrogen-bond acceptors (Lipinski definition) is 5. The summed E-state index contributed by atoms with van der Waals surface area (Å²) in [7, 11) is 0. The predicted molar refractivity (Wildman–Crippen MR) is 106 cm³/mol. The highest BCUT2D eigenvalue weighted by atomic mass is 16.6. The number of amides is 2. The van der Waals surface area contributed by atoms with Crippen molar-refractivity contribution < 1.29 is 23.8 Å². The van der Waals surface area contributed by atoms with Crippen LogP contribution in [-0.4, -0.2) is 38.2 Å². The zero-order valence-electron chi connectivity index (χ0n) is 16.3. The summed E-state index contributed by atoms with van der Waals surface area (Å²) in [5, 5.41) is 0. The fourth-order valence-corrected chi connectivity index (χ4v) is 3.94. The highest BCUT2D eigenvalue weighted by Crippen LogP contribution is 2.37. The molecule has 2 aliphatic heterocycles. The first-order valence-electron chi connectivity index (χ1n) is 9.74. The summed E-state index contributed by atoms with van der Waals surface area (Å²) in [6, 6.07) is 12.8. The molecule has 7 heteroatoms. The van der Waals surface area contributed by atoms with Crippen molar-refractivity contribution in [2.45, 2.75) is 25.2 Å². The van der Waals surface area contributed by atoms with Crippen LogP contribution in [0.5, 0.6) is 11.5 Å². The van der Waals surface area contributed by atoms with Gasteiger partial charge in [-0.2, -0.15) is 0 Å². The van der Waals surface area contributed by atoms with Gasteiger partial charge in [-0.05, 0) is 49.1 Å². The molecule has 0 aliphatic carbocycles. The Labute approximate surface area is 169 Å². The molecule has 2 aromatic carbocycles. The molecule has 0 bridgehead atoms. The summed E-state index contributed by atoms with van der Waals surface area (Å²) in [6.07, 6.45) is 1.12. The fourth-order valence-electron chi connectivity index (χ4n) is 3.94. The molecule has 0 atom stereocenters. The van der Waals surface area contributed by atoms with E-state index in [1.54, 1.807) is 18.2 Å². The lowest BCUT2D eigenvalue weighted by Gasteiger charge is -2.37. The van der Waals surface area contributed by atoms with Gasteiger partial charge < -0.3 is 14.2 Å². The van der Waals surface area contributed by atoms with Crippen LogP contribution in [0, 0.1) is 6.92 Å². The predicted octanol–water partition coefficient (Wildman–Crippen LogP) is 2.28. The highest BCUT2D eigenvalue weighted by molar-refractivity contribution is 5.97. The molecule has 0 radical (unpaired) electrons. The van der Waals surface area contributed by atoms with Crippen LogP contribution < -0.4 is 20.3 Å². The van der Waals surface area contributed by atoms with Gasteiger partial charge in [0.1, 0.15) is 13.2 Å². The molecule has 152 valence electrons. The topological polar surface area (TPSA) is 85.9 Å². The molecule has 0 saturated carbocycles. The summed E-state index contributed by atoms with van der Waals surface area (Å²) < 4.78 is 16.5. The van der Waals surface area contributed by atoms with E-state index in [1.807, 2.05) is 31.2 Å². The van der Waals surface area contributed by atoms with Gasteiger partial charge in [-0.3, -0.25) is 20.4 Å². The van der Waals surface area contributed by atoms with Gasteiger partial charge in [-0.1, -0.05) is 24.3 Å². The molecule has 2 aliphatic rings. The van der Waals surface area contributed by atoms with Crippen LogP contribution in [0.3, 0.4) is 0 Å². The lowest BCUT2D eigenvalue weighted by atomic mass is 9.72. The summed E-state index contributed by atoms with van der Waals surface area (Å²) in [5.74, 6) is 0.483. The molecule has 1 fully saturated rings. The first kappa shape index (κ1) is 19.3. The standard InChI is InChI=1S/C22H24N2O5/c1-15-4-2-3-5-17(15)22(8-10-27-11-9-22)21(26)24-23-20(25)16-6-7-18-19(14-16)29-13-12-28-18/h2-7,14H,8-13H2,1H3,(H,23,25)(H,24,26). The van der Waals surface area contributed by atoms with Gasteiger partial charge in [-0.25, -0.2) is 0 Å². The van der Waals surface area contributed by atoms with Crippen LogP contribution in [0.4, 0.5) is 0 Å². The average Bonchev–Trinajstić information content (AvgIpc) is 2.77. The molecule has 0 aromatic heterocycles. The van der Waals surface area contributed by atoms with Gasteiger partial charge in [0.15, 0.2) is 11.5 Å². The first-order chi connectivity index (χ1) is 14.1. The monoisotopic (exact) mass is 396 g/mol. The van der Waals surface area contributed by atoms with Crippen LogP contribution in [0.1, 0.15) is 34.3 Å². The summed E-state index contributed by atoms with van der Waals surface area (Å²) >= 11 is 0. The maximum absolute atomic E-state index is 13.2. The van der Waals surface area contributed by atoms with Crippen molar-refractivity contribution in [3.8, 4) is 11.5 Å². The molecule has 2 aromatic rings. The van der Waals surface area contributed by atoms with Gasteiger partial charge in [0, 0.05) is 18.8 Å². The molecular formula is C22H24N2O5. The smallest absolute Gasteiger partial charge is 0.269 e. The number of aryl methyl sites for hydroxylation is 1. The maximum Gasteiger partial charge on any atom is 0.269 e.